The van der Waals surface area contributed by atoms with Gasteiger partial charge in [0, 0.05) is 20.8 Å². The van der Waals surface area contributed by atoms with E-state index in [1.54, 1.807) is 6.07 Å². The van der Waals surface area contributed by atoms with E-state index in [1.807, 2.05) is 42.5 Å². The van der Waals surface area contributed by atoms with Crippen molar-refractivity contribution in [3.05, 3.63) is 69.2 Å². The first kappa shape index (κ1) is 24.1. The van der Waals surface area contributed by atoms with Crippen LogP contribution in [0.3, 0.4) is 0 Å². The highest BCUT2D eigenvalue weighted by molar-refractivity contribution is 7.80. The van der Waals surface area contributed by atoms with E-state index in [1.165, 1.54) is 0 Å². The van der Waals surface area contributed by atoms with Gasteiger partial charge < -0.3 is 10.2 Å². The Hall–Kier alpha value is -1.59. The van der Waals surface area contributed by atoms with E-state index in [4.69, 9.17) is 52.0 Å². The summed E-state index contributed by atoms with van der Waals surface area (Å²) in [6.07, 6.45) is 4.07. The second kappa shape index (κ2) is 9.11. The zero-order valence-corrected chi connectivity index (χ0v) is 21.3. The van der Waals surface area contributed by atoms with E-state index in [-0.39, 0.29) is 11.5 Å². The summed E-state index contributed by atoms with van der Waals surface area (Å²) < 4.78 is 0. The maximum atomic E-state index is 6.34. The molecule has 1 aliphatic rings. The Bertz CT molecular complexity index is 1040. The van der Waals surface area contributed by atoms with Crippen molar-refractivity contribution in [2.24, 2.45) is 10.4 Å². The van der Waals surface area contributed by atoms with Gasteiger partial charge in [0.2, 0.25) is 0 Å². The molecule has 1 fully saturated rings. The van der Waals surface area contributed by atoms with Gasteiger partial charge in [0.25, 0.3) is 0 Å². The van der Waals surface area contributed by atoms with Gasteiger partial charge in [-0.1, -0.05) is 73.8 Å². The molecule has 164 valence electrons. The first-order valence-corrected chi connectivity index (χ1v) is 11.5. The quantitative estimate of drug-likeness (QED) is 0.442. The molecule has 1 heterocycles. The van der Waals surface area contributed by atoms with E-state index in [0.717, 1.165) is 17.1 Å². The van der Waals surface area contributed by atoms with Gasteiger partial charge in [-0.3, -0.25) is 4.99 Å². The van der Waals surface area contributed by atoms with Crippen LogP contribution in [-0.4, -0.2) is 22.5 Å². The van der Waals surface area contributed by atoms with Crippen LogP contribution < -0.4 is 10.2 Å². The van der Waals surface area contributed by atoms with Crippen LogP contribution in [0.5, 0.6) is 0 Å². The summed E-state index contributed by atoms with van der Waals surface area (Å²) in [4.78, 5) is 7.17. The molecule has 31 heavy (non-hydrogen) atoms. The molecular formula is C24H26Cl3N3S. The number of amidine groups is 1. The fraction of sp³-hybridized carbons (Fsp3) is 0.333. The molecule has 0 bridgehead atoms. The van der Waals surface area contributed by atoms with Crippen molar-refractivity contribution in [1.29, 1.82) is 0 Å². The van der Waals surface area contributed by atoms with Crippen molar-refractivity contribution >= 4 is 69.7 Å². The third-order valence-corrected chi connectivity index (χ3v) is 6.33. The summed E-state index contributed by atoms with van der Waals surface area (Å²) in [7, 11) is 0. The van der Waals surface area contributed by atoms with Crippen molar-refractivity contribution < 1.29 is 0 Å². The molecule has 1 unspecified atom stereocenters. The lowest BCUT2D eigenvalue weighted by atomic mass is 9.86. The zero-order valence-electron chi connectivity index (χ0n) is 18.2. The van der Waals surface area contributed by atoms with Crippen LogP contribution >= 0.6 is 47.0 Å². The first-order chi connectivity index (χ1) is 14.4. The minimum absolute atomic E-state index is 0.103. The third kappa shape index (κ3) is 5.43. The molecule has 1 N–H and O–H groups in total. The highest BCUT2D eigenvalue weighted by Crippen LogP contribution is 2.33. The Morgan fingerprint density at radius 2 is 1.65 bits per heavy atom. The monoisotopic (exact) mass is 493 g/mol. The van der Waals surface area contributed by atoms with Gasteiger partial charge in [-0.25, -0.2) is 0 Å². The predicted molar refractivity (Wildman–Crippen MR) is 140 cm³/mol. The molecule has 2 aromatic carbocycles. The maximum absolute atomic E-state index is 6.34. The van der Waals surface area contributed by atoms with E-state index in [9.17, 15) is 0 Å². The summed E-state index contributed by atoms with van der Waals surface area (Å²) in [5, 5.41) is 5.85. The Balaban J connectivity index is 1.96. The fourth-order valence-electron chi connectivity index (χ4n) is 3.39. The average Bonchev–Trinajstić information content (AvgIpc) is 2.88. The lowest BCUT2D eigenvalue weighted by Crippen LogP contribution is -2.45. The number of nitrogens with zero attached hydrogens (tertiary/aromatic N) is 2. The van der Waals surface area contributed by atoms with Crippen LogP contribution in [0, 0.1) is 5.41 Å². The summed E-state index contributed by atoms with van der Waals surface area (Å²) in [5.74, 6) is 0.819. The number of rotatable bonds is 4. The Labute approximate surface area is 205 Å². The van der Waals surface area contributed by atoms with Gasteiger partial charge in [-0.2, -0.15) is 0 Å². The predicted octanol–water partition coefficient (Wildman–Crippen LogP) is 7.65. The molecule has 0 aromatic heterocycles. The summed E-state index contributed by atoms with van der Waals surface area (Å²) in [5.41, 5.74) is 1.31. The minimum atomic E-state index is -0.444. The fourth-order valence-corrected chi connectivity index (χ4v) is 4.41. The Morgan fingerprint density at radius 1 is 1.03 bits per heavy atom. The number of hydrogen-bond acceptors (Lipinski definition) is 2. The number of hydrogen-bond donors (Lipinski definition) is 1. The summed E-state index contributed by atoms with van der Waals surface area (Å²) in [6, 6.07) is 13.0. The largest absolute Gasteiger partial charge is 0.319 e. The lowest BCUT2D eigenvalue weighted by Gasteiger charge is -2.32. The highest BCUT2D eigenvalue weighted by Gasteiger charge is 2.43. The second-order valence-corrected chi connectivity index (χ2v) is 10.8. The van der Waals surface area contributed by atoms with Crippen LogP contribution in [0.4, 0.5) is 5.69 Å². The normalized spacial score (nSPS) is 18.6. The van der Waals surface area contributed by atoms with Crippen LogP contribution in [0.1, 0.15) is 40.2 Å². The van der Waals surface area contributed by atoms with E-state index >= 15 is 0 Å². The van der Waals surface area contributed by atoms with Gasteiger partial charge in [-0.15, -0.1) is 0 Å². The highest BCUT2D eigenvalue weighted by atomic mass is 35.5. The van der Waals surface area contributed by atoms with Crippen LogP contribution in [0.25, 0.3) is 6.08 Å². The third-order valence-electron chi connectivity index (χ3n) is 5.23. The van der Waals surface area contributed by atoms with Gasteiger partial charge >= 0.3 is 0 Å². The molecular weight excluding hydrogens is 469 g/mol. The molecule has 0 saturated carbocycles. The van der Waals surface area contributed by atoms with Crippen molar-refractivity contribution in [2.75, 3.05) is 4.90 Å². The maximum Gasteiger partial charge on any atom is 0.179 e. The zero-order chi connectivity index (χ0) is 23.0. The molecule has 1 saturated heterocycles. The molecule has 1 atom stereocenters. The number of aliphatic imine (C=N–C) groups is 1. The number of anilines is 1. The molecule has 3 nitrogen and oxygen atoms in total. The topological polar surface area (TPSA) is 27.6 Å². The van der Waals surface area contributed by atoms with E-state index in [0.29, 0.717) is 20.2 Å². The van der Waals surface area contributed by atoms with E-state index < -0.39 is 5.54 Å². The molecule has 0 aliphatic carbocycles. The Kier molecular flexibility index (Phi) is 7.07. The number of nitrogens with one attached hydrogen (secondary N) is 1. The van der Waals surface area contributed by atoms with Crippen molar-refractivity contribution in [1.82, 2.24) is 5.32 Å². The molecule has 1 aliphatic heterocycles. The van der Waals surface area contributed by atoms with Gasteiger partial charge in [0.15, 0.2) is 5.11 Å². The number of thiocarbonyl (C=S) groups is 1. The first-order valence-electron chi connectivity index (χ1n) is 9.98. The lowest BCUT2D eigenvalue weighted by molar-refractivity contribution is 0.367. The smallest absolute Gasteiger partial charge is 0.179 e. The van der Waals surface area contributed by atoms with Crippen molar-refractivity contribution in [3.8, 4) is 0 Å². The SMILES string of the molecule is CC(C)(C)C(C=Cc1ccc(Cl)cc1Cl)N=C1NC(=S)N(c2ccc(Cl)cc2)C1(C)C. The number of benzene rings is 2. The standard InChI is InChI=1S/C24H26Cl3N3S/c1-23(2,3)20(13-7-15-6-8-17(26)14-19(15)27)28-21-24(4,5)30(22(31)29-21)18-11-9-16(25)10-12-18/h6-14,20H,1-5H3,(H,28,29,31). The van der Waals surface area contributed by atoms with E-state index in [2.05, 4.69) is 50.9 Å². The number of halogens is 3. The van der Waals surface area contributed by atoms with Gasteiger partial charge in [0.1, 0.15) is 5.84 Å². The van der Waals surface area contributed by atoms with Crippen molar-refractivity contribution in [3.63, 3.8) is 0 Å². The van der Waals surface area contributed by atoms with Crippen LogP contribution in [-0.2, 0) is 0 Å². The van der Waals surface area contributed by atoms with Gasteiger partial charge in [0.05, 0.1) is 11.6 Å². The second-order valence-electron chi connectivity index (χ2n) is 9.11. The summed E-state index contributed by atoms with van der Waals surface area (Å²) >= 11 is 24.1. The van der Waals surface area contributed by atoms with Crippen LogP contribution in [0.2, 0.25) is 15.1 Å². The molecule has 3 rings (SSSR count). The molecule has 0 spiro atoms. The molecule has 7 heteroatoms. The minimum Gasteiger partial charge on any atom is -0.319 e. The average molecular weight is 495 g/mol. The van der Waals surface area contributed by atoms with Crippen molar-refractivity contribution in [2.45, 2.75) is 46.2 Å². The van der Waals surface area contributed by atoms with Gasteiger partial charge in [-0.05, 0) is 73.4 Å². The molecule has 2 aromatic rings. The summed E-state index contributed by atoms with van der Waals surface area (Å²) in [6.45, 7) is 10.7. The van der Waals surface area contributed by atoms with Crippen LogP contribution in [0.15, 0.2) is 53.5 Å². The Morgan fingerprint density at radius 3 is 2.23 bits per heavy atom. The molecule has 0 radical (unpaired) electrons. The molecule has 0 amide bonds.